The Hall–Kier alpha value is -0.0800. The molecule has 2 bridgehead atoms. The van der Waals surface area contributed by atoms with Crippen LogP contribution in [0.2, 0.25) is 0 Å². The summed E-state index contributed by atoms with van der Waals surface area (Å²) in [4.78, 5) is 0. The topological polar surface area (TPSA) is 21.3 Å². The second kappa shape index (κ2) is 6.91. The third kappa shape index (κ3) is 3.96. The minimum Gasteiger partial charge on any atom is -0.380 e. The van der Waals surface area contributed by atoms with Crippen LogP contribution in [-0.2, 0) is 4.74 Å². The van der Waals surface area contributed by atoms with Gasteiger partial charge in [0.25, 0.3) is 0 Å². The average Bonchev–Trinajstić information content (AvgIpc) is 2.94. The van der Waals surface area contributed by atoms with Crippen LogP contribution in [0.15, 0.2) is 0 Å². The van der Waals surface area contributed by atoms with Gasteiger partial charge in [-0.25, -0.2) is 0 Å². The fourth-order valence-electron chi connectivity index (χ4n) is 3.84. The van der Waals surface area contributed by atoms with Crippen LogP contribution in [0.3, 0.4) is 0 Å². The third-order valence-electron chi connectivity index (χ3n) is 4.99. The Kier molecular flexibility index (Phi) is 5.50. The van der Waals surface area contributed by atoms with Crippen molar-refractivity contribution in [3.05, 3.63) is 0 Å². The first-order chi connectivity index (χ1) is 8.66. The van der Waals surface area contributed by atoms with Crippen LogP contribution in [-0.4, -0.2) is 25.8 Å². The monoisotopic (exact) mass is 253 g/mol. The van der Waals surface area contributed by atoms with Gasteiger partial charge in [0, 0.05) is 19.2 Å². The third-order valence-corrected chi connectivity index (χ3v) is 4.99. The molecule has 0 amide bonds. The van der Waals surface area contributed by atoms with Gasteiger partial charge in [-0.3, -0.25) is 0 Å². The van der Waals surface area contributed by atoms with Gasteiger partial charge in [0.05, 0.1) is 6.61 Å². The molecule has 0 spiro atoms. The second-order valence-corrected chi connectivity index (χ2v) is 6.88. The molecule has 4 atom stereocenters. The SMILES string of the molecule is CC(C)CCOCCNC(C)C1CC2CCC1C2. The molecule has 2 aliphatic carbocycles. The van der Waals surface area contributed by atoms with Crippen molar-refractivity contribution in [2.24, 2.45) is 23.7 Å². The molecule has 4 unspecified atom stereocenters. The summed E-state index contributed by atoms with van der Waals surface area (Å²) in [5, 5.41) is 3.67. The molecule has 1 N–H and O–H groups in total. The van der Waals surface area contributed by atoms with Gasteiger partial charge >= 0.3 is 0 Å². The van der Waals surface area contributed by atoms with Crippen LogP contribution in [0.25, 0.3) is 0 Å². The minimum atomic E-state index is 0.689. The van der Waals surface area contributed by atoms with Crippen molar-refractivity contribution in [3.63, 3.8) is 0 Å². The van der Waals surface area contributed by atoms with Crippen LogP contribution < -0.4 is 5.32 Å². The normalized spacial score (nSPS) is 32.3. The quantitative estimate of drug-likeness (QED) is 0.669. The number of ether oxygens (including phenoxy) is 1. The summed E-state index contributed by atoms with van der Waals surface area (Å²) >= 11 is 0. The van der Waals surface area contributed by atoms with Gasteiger partial charge in [0.2, 0.25) is 0 Å². The predicted molar refractivity (Wildman–Crippen MR) is 76.7 cm³/mol. The highest BCUT2D eigenvalue weighted by atomic mass is 16.5. The largest absolute Gasteiger partial charge is 0.380 e. The van der Waals surface area contributed by atoms with Gasteiger partial charge in [0.1, 0.15) is 0 Å². The first-order valence-electron chi connectivity index (χ1n) is 7.98. The molecule has 2 nitrogen and oxygen atoms in total. The molecular weight excluding hydrogens is 222 g/mol. The Morgan fingerprint density at radius 2 is 1.94 bits per heavy atom. The molecule has 0 aromatic carbocycles. The van der Waals surface area contributed by atoms with Crippen LogP contribution in [0.5, 0.6) is 0 Å². The van der Waals surface area contributed by atoms with Crippen LogP contribution in [0.1, 0.15) is 52.9 Å². The maximum absolute atomic E-state index is 5.66. The molecule has 2 heteroatoms. The van der Waals surface area contributed by atoms with E-state index >= 15 is 0 Å². The maximum Gasteiger partial charge on any atom is 0.0591 e. The Morgan fingerprint density at radius 3 is 2.56 bits per heavy atom. The van der Waals surface area contributed by atoms with Crippen molar-refractivity contribution < 1.29 is 4.74 Å². The van der Waals surface area contributed by atoms with E-state index < -0.39 is 0 Å². The van der Waals surface area contributed by atoms with Crippen molar-refractivity contribution in [2.45, 2.75) is 58.9 Å². The van der Waals surface area contributed by atoms with Gasteiger partial charge in [0.15, 0.2) is 0 Å². The van der Waals surface area contributed by atoms with Crippen molar-refractivity contribution in [1.82, 2.24) is 5.32 Å². The number of nitrogens with one attached hydrogen (secondary N) is 1. The zero-order chi connectivity index (χ0) is 13.0. The zero-order valence-electron chi connectivity index (χ0n) is 12.5. The summed E-state index contributed by atoms with van der Waals surface area (Å²) in [6, 6.07) is 0.689. The molecule has 0 radical (unpaired) electrons. The van der Waals surface area contributed by atoms with Crippen molar-refractivity contribution in [1.29, 1.82) is 0 Å². The first kappa shape index (κ1) is 14.3. The summed E-state index contributed by atoms with van der Waals surface area (Å²) in [5.74, 6) is 3.79. The van der Waals surface area contributed by atoms with Gasteiger partial charge in [-0.05, 0) is 56.3 Å². The average molecular weight is 253 g/mol. The lowest BCUT2D eigenvalue weighted by atomic mass is 9.84. The van der Waals surface area contributed by atoms with E-state index in [9.17, 15) is 0 Å². The highest BCUT2D eigenvalue weighted by Gasteiger charge is 2.41. The van der Waals surface area contributed by atoms with E-state index in [0.717, 1.165) is 43.4 Å². The Morgan fingerprint density at radius 1 is 1.11 bits per heavy atom. The Labute approximate surface area is 113 Å². The Bertz CT molecular complexity index is 241. The molecule has 0 saturated heterocycles. The van der Waals surface area contributed by atoms with E-state index in [0.29, 0.717) is 6.04 Å². The number of hydrogen-bond donors (Lipinski definition) is 1. The standard InChI is InChI=1S/C16H31NO/c1-12(2)6-8-18-9-7-17-13(3)16-11-14-4-5-15(16)10-14/h12-17H,4-11H2,1-3H3. The second-order valence-electron chi connectivity index (χ2n) is 6.88. The molecule has 0 heterocycles. The molecule has 18 heavy (non-hydrogen) atoms. The smallest absolute Gasteiger partial charge is 0.0591 e. The molecule has 2 aliphatic rings. The fraction of sp³-hybridized carbons (Fsp3) is 1.00. The number of fused-ring (bicyclic) bond motifs is 2. The molecule has 106 valence electrons. The van der Waals surface area contributed by atoms with Gasteiger partial charge in [-0.2, -0.15) is 0 Å². The molecule has 0 aromatic rings. The van der Waals surface area contributed by atoms with E-state index in [4.69, 9.17) is 4.74 Å². The lowest BCUT2D eigenvalue weighted by Gasteiger charge is -2.28. The van der Waals surface area contributed by atoms with E-state index in [1.165, 1.54) is 32.1 Å². The summed E-state index contributed by atoms with van der Waals surface area (Å²) in [5.41, 5.74) is 0. The number of rotatable bonds is 8. The molecule has 0 aliphatic heterocycles. The van der Waals surface area contributed by atoms with E-state index in [-0.39, 0.29) is 0 Å². The van der Waals surface area contributed by atoms with Gasteiger partial charge < -0.3 is 10.1 Å². The van der Waals surface area contributed by atoms with Crippen LogP contribution >= 0.6 is 0 Å². The van der Waals surface area contributed by atoms with E-state index in [1.54, 1.807) is 0 Å². The van der Waals surface area contributed by atoms with Crippen LogP contribution in [0.4, 0.5) is 0 Å². The molecular formula is C16H31NO. The molecule has 2 rings (SSSR count). The number of hydrogen-bond acceptors (Lipinski definition) is 2. The van der Waals surface area contributed by atoms with Crippen molar-refractivity contribution in [3.8, 4) is 0 Å². The molecule has 2 fully saturated rings. The molecule has 2 saturated carbocycles. The summed E-state index contributed by atoms with van der Waals surface area (Å²) < 4.78 is 5.66. The van der Waals surface area contributed by atoms with E-state index in [2.05, 4.69) is 26.1 Å². The zero-order valence-corrected chi connectivity index (χ0v) is 12.5. The van der Waals surface area contributed by atoms with Crippen molar-refractivity contribution >= 4 is 0 Å². The predicted octanol–water partition coefficient (Wildman–Crippen LogP) is 3.46. The van der Waals surface area contributed by atoms with Gasteiger partial charge in [-0.1, -0.05) is 20.3 Å². The molecule has 0 aromatic heterocycles. The lowest BCUT2D eigenvalue weighted by Crippen LogP contribution is -2.38. The fourth-order valence-corrected chi connectivity index (χ4v) is 3.84. The highest BCUT2D eigenvalue weighted by molar-refractivity contribution is 4.93. The minimum absolute atomic E-state index is 0.689. The van der Waals surface area contributed by atoms with Crippen molar-refractivity contribution in [2.75, 3.05) is 19.8 Å². The van der Waals surface area contributed by atoms with Crippen LogP contribution in [0, 0.1) is 23.7 Å². The Balaban J connectivity index is 1.51. The highest BCUT2D eigenvalue weighted by Crippen LogP contribution is 2.49. The summed E-state index contributed by atoms with van der Waals surface area (Å²) in [6.45, 7) is 9.68. The summed E-state index contributed by atoms with van der Waals surface area (Å²) in [6.07, 6.45) is 7.18. The van der Waals surface area contributed by atoms with Gasteiger partial charge in [-0.15, -0.1) is 0 Å². The first-order valence-corrected chi connectivity index (χ1v) is 7.98. The summed E-state index contributed by atoms with van der Waals surface area (Å²) in [7, 11) is 0. The van der Waals surface area contributed by atoms with E-state index in [1.807, 2.05) is 0 Å². The maximum atomic E-state index is 5.66. The lowest BCUT2D eigenvalue weighted by molar-refractivity contribution is 0.120.